The van der Waals surface area contributed by atoms with Crippen LogP contribution in [0.15, 0.2) is 11.6 Å². The van der Waals surface area contributed by atoms with Crippen LogP contribution in [0, 0.1) is 0 Å². The minimum absolute atomic E-state index is 0.0114. The molecule has 0 bridgehead atoms. The average molecular weight is 306 g/mol. The van der Waals surface area contributed by atoms with E-state index in [4.69, 9.17) is 5.73 Å². The van der Waals surface area contributed by atoms with E-state index >= 15 is 0 Å². The van der Waals surface area contributed by atoms with Crippen LogP contribution >= 0.6 is 23.6 Å². The quantitative estimate of drug-likeness (QED) is 0.781. The first-order valence-electron chi connectivity index (χ1n) is 5.39. The Bertz CT molecular complexity index is 506. The zero-order valence-corrected chi connectivity index (χ0v) is 12.1. The van der Waals surface area contributed by atoms with Gasteiger partial charge >= 0.3 is 0 Å². The van der Waals surface area contributed by atoms with Crippen molar-refractivity contribution in [2.45, 2.75) is 0 Å². The molecule has 0 radical (unpaired) electrons. The van der Waals surface area contributed by atoms with E-state index in [0.29, 0.717) is 26.2 Å². The molecule has 0 unspecified atom stereocenters. The number of nitrogens with two attached hydrogens (primary N) is 1. The van der Waals surface area contributed by atoms with Gasteiger partial charge in [0.15, 0.2) is 5.13 Å². The Labute approximate surface area is 115 Å². The second-order valence-electron chi connectivity index (χ2n) is 3.92. The number of piperazine rings is 1. The third-order valence-corrected chi connectivity index (χ3v) is 5.63. The molecule has 18 heavy (non-hydrogen) atoms. The van der Waals surface area contributed by atoms with Gasteiger partial charge in [-0.1, -0.05) is 12.2 Å². The first-order valence-corrected chi connectivity index (χ1v) is 8.29. The highest BCUT2D eigenvalue weighted by molar-refractivity contribution is 7.92. The first-order chi connectivity index (χ1) is 8.49. The highest BCUT2D eigenvalue weighted by Gasteiger charge is 2.27. The summed E-state index contributed by atoms with van der Waals surface area (Å²) in [4.78, 5) is 6.30. The normalized spacial score (nSPS) is 17.9. The molecular formula is C9H14N4O2S3. The van der Waals surface area contributed by atoms with Crippen molar-refractivity contribution >= 4 is 43.7 Å². The molecule has 1 aromatic heterocycles. The second kappa shape index (κ2) is 5.47. The van der Waals surface area contributed by atoms with E-state index in [-0.39, 0.29) is 10.7 Å². The summed E-state index contributed by atoms with van der Waals surface area (Å²) in [5.41, 5.74) is 5.30. The molecule has 1 aliphatic heterocycles. The molecule has 2 heterocycles. The fraction of sp³-hybridized carbons (Fsp3) is 0.556. The van der Waals surface area contributed by atoms with E-state index in [1.54, 1.807) is 17.5 Å². The molecule has 0 aliphatic carbocycles. The molecule has 9 heteroatoms. The van der Waals surface area contributed by atoms with Crippen LogP contribution in [0.2, 0.25) is 0 Å². The van der Waals surface area contributed by atoms with Gasteiger partial charge in [0.2, 0.25) is 10.0 Å². The van der Waals surface area contributed by atoms with Crippen LogP contribution in [-0.4, -0.2) is 54.6 Å². The molecule has 100 valence electrons. The summed E-state index contributed by atoms with van der Waals surface area (Å²) < 4.78 is 25.3. The van der Waals surface area contributed by atoms with Crippen molar-refractivity contribution < 1.29 is 8.42 Å². The van der Waals surface area contributed by atoms with E-state index < -0.39 is 10.0 Å². The number of sulfonamides is 1. The van der Waals surface area contributed by atoms with Crippen LogP contribution in [0.4, 0.5) is 5.13 Å². The lowest BCUT2D eigenvalue weighted by molar-refractivity contribution is 0.387. The van der Waals surface area contributed by atoms with Crippen molar-refractivity contribution in [1.29, 1.82) is 0 Å². The molecule has 0 amide bonds. The monoisotopic (exact) mass is 306 g/mol. The molecule has 2 rings (SSSR count). The molecule has 2 N–H and O–H groups in total. The van der Waals surface area contributed by atoms with E-state index in [2.05, 4.69) is 22.1 Å². The summed E-state index contributed by atoms with van der Waals surface area (Å²) in [6.07, 6.45) is 1.75. The molecular weight excluding hydrogens is 292 g/mol. The van der Waals surface area contributed by atoms with Gasteiger partial charge in [-0.05, 0) is 0 Å². The molecule has 0 atom stereocenters. The van der Waals surface area contributed by atoms with Gasteiger partial charge in [-0.15, -0.1) is 11.3 Å². The van der Waals surface area contributed by atoms with Gasteiger partial charge in [-0.2, -0.15) is 4.31 Å². The lowest BCUT2D eigenvalue weighted by atomic mass is 10.4. The van der Waals surface area contributed by atoms with Gasteiger partial charge in [0.25, 0.3) is 0 Å². The van der Waals surface area contributed by atoms with Crippen molar-refractivity contribution in [2.75, 3.05) is 36.8 Å². The summed E-state index contributed by atoms with van der Waals surface area (Å²) in [5.74, 6) is -0.250. The highest BCUT2D eigenvalue weighted by Crippen LogP contribution is 2.19. The summed E-state index contributed by atoms with van der Waals surface area (Å²) in [5, 5.41) is 2.84. The van der Waals surface area contributed by atoms with Gasteiger partial charge in [0.1, 0.15) is 5.75 Å². The third kappa shape index (κ3) is 3.16. The van der Waals surface area contributed by atoms with E-state index in [0.717, 1.165) is 5.13 Å². The molecule has 0 aromatic carbocycles. The number of anilines is 1. The predicted octanol–water partition coefficient (Wildman–Crippen LogP) is -0.119. The Balaban J connectivity index is 1.96. The number of hydrogen-bond donors (Lipinski definition) is 1. The van der Waals surface area contributed by atoms with Crippen molar-refractivity contribution in [1.82, 2.24) is 9.29 Å². The Kier molecular flexibility index (Phi) is 4.15. The van der Waals surface area contributed by atoms with Crippen molar-refractivity contribution in [3.63, 3.8) is 0 Å². The smallest absolute Gasteiger partial charge is 0.220 e. The van der Waals surface area contributed by atoms with Crippen molar-refractivity contribution in [3.8, 4) is 0 Å². The Morgan fingerprint density at radius 3 is 2.61 bits per heavy atom. The fourth-order valence-electron chi connectivity index (χ4n) is 1.80. The highest BCUT2D eigenvalue weighted by atomic mass is 32.2. The van der Waals surface area contributed by atoms with Crippen LogP contribution in [-0.2, 0) is 10.0 Å². The number of hydrogen-bond acceptors (Lipinski definition) is 6. The maximum Gasteiger partial charge on any atom is 0.220 e. The average Bonchev–Trinajstić information content (AvgIpc) is 2.81. The number of thiocarbonyl (C=S) groups is 1. The molecule has 1 aliphatic rings. The lowest BCUT2D eigenvalue weighted by Crippen LogP contribution is -2.50. The van der Waals surface area contributed by atoms with Crippen LogP contribution in [0.25, 0.3) is 0 Å². The lowest BCUT2D eigenvalue weighted by Gasteiger charge is -2.33. The zero-order valence-electron chi connectivity index (χ0n) is 9.65. The maximum atomic E-state index is 11.9. The van der Waals surface area contributed by atoms with Crippen LogP contribution < -0.4 is 10.6 Å². The molecule has 1 fully saturated rings. The number of aromatic nitrogens is 1. The van der Waals surface area contributed by atoms with Gasteiger partial charge in [0.05, 0.1) is 4.99 Å². The predicted molar refractivity (Wildman–Crippen MR) is 76.5 cm³/mol. The molecule has 6 nitrogen and oxygen atoms in total. The van der Waals surface area contributed by atoms with E-state index in [1.807, 2.05) is 5.38 Å². The van der Waals surface area contributed by atoms with Gasteiger partial charge in [0, 0.05) is 37.8 Å². The van der Waals surface area contributed by atoms with Crippen LogP contribution in [0.1, 0.15) is 0 Å². The molecule has 1 saturated heterocycles. The van der Waals surface area contributed by atoms with Gasteiger partial charge in [-0.25, -0.2) is 13.4 Å². The topological polar surface area (TPSA) is 79.5 Å². The second-order valence-corrected chi connectivity index (χ2v) is 7.29. The van der Waals surface area contributed by atoms with Gasteiger partial charge in [-0.3, -0.25) is 0 Å². The molecule has 0 spiro atoms. The minimum atomic E-state index is -3.35. The Hall–Kier alpha value is -0.770. The Morgan fingerprint density at radius 1 is 1.44 bits per heavy atom. The van der Waals surface area contributed by atoms with Crippen LogP contribution in [0.3, 0.4) is 0 Å². The summed E-state index contributed by atoms with van der Waals surface area (Å²) in [6.45, 7) is 2.18. The summed E-state index contributed by atoms with van der Waals surface area (Å²) >= 11 is 6.21. The SMILES string of the molecule is NC(=S)CS(=O)(=O)N1CCN(c2nccs2)CC1. The van der Waals surface area contributed by atoms with Gasteiger partial charge < -0.3 is 10.6 Å². The van der Waals surface area contributed by atoms with Crippen molar-refractivity contribution in [3.05, 3.63) is 11.6 Å². The third-order valence-electron chi connectivity index (χ3n) is 2.65. The number of nitrogens with zero attached hydrogens (tertiary/aromatic N) is 3. The standard InChI is InChI=1S/C9H14N4O2S3/c10-8(16)7-18(14,15)13-4-2-12(3-5-13)9-11-1-6-17-9/h1,6H,2-5,7H2,(H2,10,16). The first kappa shape index (κ1) is 13.7. The number of rotatable bonds is 4. The minimum Gasteiger partial charge on any atom is -0.392 e. The maximum absolute atomic E-state index is 11.9. The van der Waals surface area contributed by atoms with Crippen LogP contribution in [0.5, 0.6) is 0 Å². The molecule has 0 saturated carbocycles. The number of thiazole rings is 1. The largest absolute Gasteiger partial charge is 0.392 e. The zero-order chi connectivity index (χ0) is 13.2. The van der Waals surface area contributed by atoms with E-state index in [1.165, 1.54) is 4.31 Å². The fourth-order valence-corrected chi connectivity index (χ4v) is 4.21. The summed E-state index contributed by atoms with van der Waals surface area (Å²) in [6, 6.07) is 0. The molecule has 1 aromatic rings. The van der Waals surface area contributed by atoms with Crippen molar-refractivity contribution in [2.24, 2.45) is 5.73 Å². The Morgan fingerprint density at radius 2 is 2.11 bits per heavy atom. The van der Waals surface area contributed by atoms with E-state index in [9.17, 15) is 8.42 Å². The summed E-state index contributed by atoms with van der Waals surface area (Å²) in [7, 11) is -3.35.